The van der Waals surface area contributed by atoms with Crippen LogP contribution in [0.1, 0.15) is 20.2 Å². The Morgan fingerprint density at radius 1 is 1.07 bits per heavy atom. The van der Waals surface area contributed by atoms with E-state index in [9.17, 15) is 4.79 Å². The smallest absolute Gasteiger partial charge is 0.255 e. The molecule has 1 aromatic carbocycles. The topological polar surface area (TPSA) is 69.7 Å². The number of carbonyl (C=O) groups excluding carboxylic acids is 1. The molecule has 0 radical (unpaired) electrons. The van der Waals surface area contributed by atoms with E-state index >= 15 is 0 Å². The summed E-state index contributed by atoms with van der Waals surface area (Å²) in [5.41, 5.74) is 1.42. The number of hydrogen-bond donors (Lipinski definition) is 1. The zero-order valence-electron chi connectivity index (χ0n) is 16.2. The number of methoxy groups -OCH3 is 3. The predicted octanol–water partition coefficient (Wildman–Crippen LogP) is 4.18. The van der Waals surface area contributed by atoms with Crippen LogP contribution in [0, 0.1) is 6.92 Å². The van der Waals surface area contributed by atoms with Crippen molar-refractivity contribution >= 4 is 28.6 Å². The maximum Gasteiger partial charge on any atom is 0.255 e. The molecule has 6 nitrogen and oxygen atoms in total. The molecule has 3 aromatic rings. The van der Waals surface area contributed by atoms with E-state index in [2.05, 4.69) is 27.8 Å². The van der Waals surface area contributed by atoms with Crippen LogP contribution >= 0.6 is 22.7 Å². The van der Waals surface area contributed by atoms with Gasteiger partial charge in [-0.15, -0.1) is 22.7 Å². The standard InChI is InChI=1S/C20H22N2O4S2/c1-12-22-15(11-27-12)17-8-5-13(28-17)9-10-21-20(23)14-6-7-16(24-2)19(26-4)18(14)25-3/h5-8,11H,9-10H2,1-4H3,(H,21,23). The summed E-state index contributed by atoms with van der Waals surface area (Å²) in [6, 6.07) is 7.52. The Kier molecular flexibility index (Phi) is 6.53. The molecule has 148 valence electrons. The second kappa shape index (κ2) is 9.07. The third kappa shape index (κ3) is 4.28. The molecule has 0 aliphatic carbocycles. The normalized spacial score (nSPS) is 10.6. The lowest BCUT2D eigenvalue weighted by Gasteiger charge is -2.15. The van der Waals surface area contributed by atoms with Crippen molar-refractivity contribution in [2.75, 3.05) is 27.9 Å². The van der Waals surface area contributed by atoms with Gasteiger partial charge in [0.1, 0.15) is 0 Å². The molecular formula is C20H22N2O4S2. The van der Waals surface area contributed by atoms with E-state index in [1.165, 1.54) is 19.1 Å². The fourth-order valence-corrected chi connectivity index (χ4v) is 4.46. The molecule has 0 unspecified atom stereocenters. The minimum absolute atomic E-state index is 0.218. The molecule has 0 spiro atoms. The van der Waals surface area contributed by atoms with Crippen LogP contribution < -0.4 is 19.5 Å². The molecule has 2 aromatic heterocycles. The number of ether oxygens (including phenoxy) is 3. The number of hydrogen-bond acceptors (Lipinski definition) is 7. The minimum atomic E-state index is -0.218. The first kappa shape index (κ1) is 20.2. The van der Waals surface area contributed by atoms with E-state index in [0.717, 1.165) is 22.0 Å². The van der Waals surface area contributed by atoms with Gasteiger partial charge >= 0.3 is 0 Å². The number of benzene rings is 1. The van der Waals surface area contributed by atoms with Crippen molar-refractivity contribution in [3.63, 3.8) is 0 Å². The van der Waals surface area contributed by atoms with Crippen molar-refractivity contribution in [3.8, 4) is 27.8 Å². The first-order valence-electron chi connectivity index (χ1n) is 8.65. The highest BCUT2D eigenvalue weighted by molar-refractivity contribution is 7.16. The first-order valence-corrected chi connectivity index (χ1v) is 10.3. The van der Waals surface area contributed by atoms with Crippen molar-refractivity contribution in [1.82, 2.24) is 10.3 Å². The molecule has 0 aliphatic rings. The summed E-state index contributed by atoms with van der Waals surface area (Å²) in [5.74, 6) is 1.06. The van der Waals surface area contributed by atoms with E-state index in [0.29, 0.717) is 29.4 Å². The molecule has 1 amide bonds. The lowest BCUT2D eigenvalue weighted by molar-refractivity contribution is 0.0950. The number of aryl methyl sites for hydroxylation is 1. The van der Waals surface area contributed by atoms with E-state index < -0.39 is 0 Å². The molecule has 0 bridgehead atoms. The molecule has 2 heterocycles. The number of nitrogens with one attached hydrogen (secondary N) is 1. The highest BCUT2D eigenvalue weighted by atomic mass is 32.1. The van der Waals surface area contributed by atoms with Gasteiger partial charge in [0, 0.05) is 16.8 Å². The molecule has 0 atom stereocenters. The summed E-state index contributed by atoms with van der Waals surface area (Å²) in [5, 5.41) is 6.06. The zero-order chi connectivity index (χ0) is 20.1. The molecule has 0 saturated carbocycles. The SMILES string of the molecule is COc1ccc(C(=O)NCCc2ccc(-c3csc(C)n3)s2)c(OC)c1OC. The number of amides is 1. The molecule has 1 N–H and O–H groups in total. The van der Waals surface area contributed by atoms with Gasteiger partial charge in [-0.05, 0) is 37.6 Å². The summed E-state index contributed by atoms with van der Waals surface area (Å²) < 4.78 is 16.0. The minimum Gasteiger partial charge on any atom is -0.493 e. The summed E-state index contributed by atoms with van der Waals surface area (Å²) in [4.78, 5) is 19.5. The van der Waals surface area contributed by atoms with E-state index in [-0.39, 0.29) is 5.91 Å². The highest BCUT2D eigenvalue weighted by Gasteiger charge is 2.20. The first-order chi connectivity index (χ1) is 13.6. The molecule has 0 aliphatic heterocycles. The number of thiophene rings is 1. The van der Waals surface area contributed by atoms with Gasteiger partial charge < -0.3 is 19.5 Å². The second-order valence-electron chi connectivity index (χ2n) is 5.91. The Balaban J connectivity index is 1.64. The predicted molar refractivity (Wildman–Crippen MR) is 112 cm³/mol. The van der Waals surface area contributed by atoms with E-state index in [1.807, 2.05) is 6.92 Å². The summed E-state index contributed by atoms with van der Waals surface area (Å²) >= 11 is 3.34. The van der Waals surface area contributed by atoms with Crippen molar-refractivity contribution < 1.29 is 19.0 Å². The van der Waals surface area contributed by atoms with Crippen LogP contribution in [-0.2, 0) is 6.42 Å². The summed E-state index contributed by atoms with van der Waals surface area (Å²) in [7, 11) is 4.56. The van der Waals surface area contributed by atoms with E-state index in [1.54, 1.807) is 41.9 Å². The zero-order valence-corrected chi connectivity index (χ0v) is 17.8. The Morgan fingerprint density at radius 2 is 1.86 bits per heavy atom. The summed E-state index contributed by atoms with van der Waals surface area (Å²) in [6.45, 7) is 2.52. The van der Waals surface area contributed by atoms with E-state index in [4.69, 9.17) is 14.2 Å². The molecular weight excluding hydrogens is 396 g/mol. The largest absolute Gasteiger partial charge is 0.493 e. The number of nitrogens with zero attached hydrogens (tertiary/aromatic N) is 1. The molecule has 3 rings (SSSR count). The molecule has 8 heteroatoms. The molecule has 0 fully saturated rings. The number of carbonyl (C=O) groups is 1. The van der Waals surface area contributed by atoms with Gasteiger partial charge in [-0.2, -0.15) is 0 Å². The number of rotatable bonds is 8. The highest BCUT2D eigenvalue weighted by Crippen LogP contribution is 2.39. The van der Waals surface area contributed by atoms with Crippen molar-refractivity contribution in [3.05, 3.63) is 45.1 Å². The van der Waals surface area contributed by atoms with Crippen molar-refractivity contribution in [2.45, 2.75) is 13.3 Å². The number of aromatic nitrogens is 1. The average Bonchev–Trinajstić information content (AvgIpc) is 3.35. The van der Waals surface area contributed by atoms with Crippen LogP contribution in [0.5, 0.6) is 17.2 Å². The Morgan fingerprint density at radius 3 is 2.50 bits per heavy atom. The van der Waals surface area contributed by atoms with Gasteiger partial charge in [-0.3, -0.25) is 4.79 Å². The van der Waals surface area contributed by atoms with Crippen LogP contribution in [0.4, 0.5) is 0 Å². The van der Waals surface area contributed by atoms with Gasteiger partial charge in [0.05, 0.1) is 42.5 Å². The van der Waals surface area contributed by atoms with Crippen LogP contribution in [0.2, 0.25) is 0 Å². The van der Waals surface area contributed by atoms with Gasteiger partial charge in [0.25, 0.3) is 5.91 Å². The van der Waals surface area contributed by atoms with Crippen LogP contribution in [0.15, 0.2) is 29.6 Å². The lowest BCUT2D eigenvalue weighted by atomic mass is 10.1. The van der Waals surface area contributed by atoms with Gasteiger partial charge in [-0.1, -0.05) is 0 Å². The van der Waals surface area contributed by atoms with Gasteiger partial charge in [0.15, 0.2) is 11.5 Å². The van der Waals surface area contributed by atoms with Crippen molar-refractivity contribution in [2.24, 2.45) is 0 Å². The lowest BCUT2D eigenvalue weighted by Crippen LogP contribution is -2.26. The second-order valence-corrected chi connectivity index (χ2v) is 8.14. The van der Waals surface area contributed by atoms with Crippen LogP contribution in [0.25, 0.3) is 10.6 Å². The fourth-order valence-electron chi connectivity index (χ4n) is 2.80. The van der Waals surface area contributed by atoms with Gasteiger partial charge in [0.2, 0.25) is 5.75 Å². The fraction of sp³-hybridized carbons (Fsp3) is 0.300. The maximum atomic E-state index is 12.6. The maximum absolute atomic E-state index is 12.6. The summed E-state index contributed by atoms with van der Waals surface area (Å²) in [6.07, 6.45) is 0.745. The van der Waals surface area contributed by atoms with Crippen LogP contribution in [0.3, 0.4) is 0 Å². The Hall–Kier alpha value is -2.58. The number of thiazole rings is 1. The molecule has 0 saturated heterocycles. The Labute approximate surface area is 172 Å². The quantitative estimate of drug-likeness (QED) is 0.594. The average molecular weight is 419 g/mol. The molecule has 28 heavy (non-hydrogen) atoms. The Bertz CT molecular complexity index is 965. The third-order valence-corrected chi connectivity index (χ3v) is 6.08. The third-order valence-electron chi connectivity index (χ3n) is 4.14. The van der Waals surface area contributed by atoms with Crippen LogP contribution in [-0.4, -0.2) is 38.8 Å². The van der Waals surface area contributed by atoms with Gasteiger partial charge in [-0.25, -0.2) is 4.98 Å². The monoisotopic (exact) mass is 418 g/mol. The van der Waals surface area contributed by atoms with Crippen molar-refractivity contribution in [1.29, 1.82) is 0 Å².